The Hall–Kier alpha value is -11.7. The van der Waals surface area contributed by atoms with Gasteiger partial charge in [0.2, 0.25) is 0 Å². The third kappa shape index (κ3) is 15.7. The van der Waals surface area contributed by atoms with Gasteiger partial charge in [0.25, 0.3) is 22.2 Å². The zero-order chi connectivity index (χ0) is 82.3. The number of pyridine rings is 5. The van der Waals surface area contributed by atoms with Gasteiger partial charge in [-0.25, -0.2) is 67.8 Å². The first-order chi connectivity index (χ1) is 55.2. The van der Waals surface area contributed by atoms with Gasteiger partial charge >= 0.3 is 0 Å². The van der Waals surface area contributed by atoms with Gasteiger partial charge in [0.1, 0.15) is 50.8 Å². The highest BCUT2D eigenvalue weighted by atomic mass is 35.5. The van der Waals surface area contributed by atoms with E-state index in [0.29, 0.717) is 99.6 Å². The van der Waals surface area contributed by atoms with Gasteiger partial charge < -0.3 is 33.6 Å². The van der Waals surface area contributed by atoms with E-state index in [1.165, 1.54) is 71.0 Å². The number of carbonyl (C=O) groups excluding carboxylic acids is 3. The minimum atomic E-state index is -3.78. The number of halogens is 6. The van der Waals surface area contributed by atoms with Crippen LogP contribution < -0.4 is 22.2 Å². The van der Waals surface area contributed by atoms with Gasteiger partial charge in [0.05, 0.1) is 81.0 Å². The smallest absolute Gasteiger partial charge is 0.258 e. The second-order valence-corrected chi connectivity index (χ2v) is 36.5. The van der Waals surface area contributed by atoms with Crippen molar-refractivity contribution >= 4 is 138 Å². The number of benzene rings is 4. The number of rotatable bonds is 20. The monoisotopic (exact) mass is 1670 g/mol. The minimum absolute atomic E-state index is 0.00258. The van der Waals surface area contributed by atoms with Gasteiger partial charge in [0.15, 0.2) is 58.5 Å². The molecule has 4 N–H and O–H groups in total. The van der Waals surface area contributed by atoms with E-state index in [4.69, 9.17) is 23.2 Å². The van der Waals surface area contributed by atoms with Gasteiger partial charge in [0, 0.05) is 110 Å². The predicted octanol–water partition coefficient (Wildman–Crippen LogP) is 13.0. The average molecular weight is 1670 g/mol. The van der Waals surface area contributed by atoms with E-state index >= 15 is 4.39 Å². The summed E-state index contributed by atoms with van der Waals surface area (Å²) in [5, 5.41) is 0.503. The summed E-state index contributed by atoms with van der Waals surface area (Å²) >= 11 is 13.0. The number of fused-ring (bicyclic) bond motifs is 6. The Labute approximate surface area is 667 Å². The molecule has 594 valence electrons. The molecular weight excluding hydrogens is 1600 g/mol. The Balaban J connectivity index is 0.000000137. The fourth-order valence-corrected chi connectivity index (χ4v) is 19.0. The van der Waals surface area contributed by atoms with Crippen molar-refractivity contribution in [2.75, 3.05) is 23.5 Å². The van der Waals surface area contributed by atoms with Crippen LogP contribution in [0.3, 0.4) is 0 Å². The topological polar surface area (TPSA) is 363 Å². The zero-order valence-electron chi connectivity index (χ0n) is 62.1. The maximum absolute atomic E-state index is 15.3. The van der Waals surface area contributed by atoms with Gasteiger partial charge in [-0.2, -0.15) is 0 Å². The minimum Gasteiger partial charge on any atom is -0.333 e. The first-order valence-corrected chi connectivity index (χ1v) is 42.8. The zero-order valence-corrected chi connectivity index (χ0v) is 66.1. The molecule has 4 aromatic carbocycles. The number of hydrogen-bond acceptors (Lipinski definition) is 18. The fourth-order valence-electron chi connectivity index (χ4n) is 14.8. The van der Waals surface area contributed by atoms with Crippen molar-refractivity contribution in [2.24, 2.45) is 9.98 Å². The van der Waals surface area contributed by atoms with E-state index in [1.54, 1.807) is 73.3 Å². The van der Waals surface area contributed by atoms with E-state index in [9.17, 15) is 72.0 Å². The summed E-state index contributed by atoms with van der Waals surface area (Å²) in [6.07, 6.45) is 14.8. The Morgan fingerprint density at radius 1 is 0.466 bits per heavy atom. The van der Waals surface area contributed by atoms with Crippen molar-refractivity contribution < 1.29 is 57.2 Å². The second kappa shape index (κ2) is 31.1. The molecule has 0 radical (unpaired) electrons. The number of aromatic amines is 4. The van der Waals surface area contributed by atoms with Crippen molar-refractivity contribution in [3.05, 3.63) is 259 Å². The number of carbonyl (C=O) groups is 3. The molecule has 25 nitrogen and oxygen atoms in total. The van der Waals surface area contributed by atoms with Crippen LogP contribution in [0.15, 0.2) is 151 Å². The number of sulfone groups is 3. The Morgan fingerprint density at radius 2 is 0.836 bits per heavy atom. The number of Topliss-reactive ketones (excluding diaryl/α,β-unsaturated/α-hetero) is 3. The number of ketones is 3. The van der Waals surface area contributed by atoms with E-state index in [2.05, 4.69) is 44.9 Å². The summed E-state index contributed by atoms with van der Waals surface area (Å²) in [4.78, 5) is 124. The lowest BCUT2D eigenvalue weighted by Crippen LogP contribution is -2.23. The molecular formula is C82H68Cl2F4N12O13S3. The van der Waals surface area contributed by atoms with Crippen molar-refractivity contribution in [3.8, 4) is 33.4 Å². The van der Waals surface area contributed by atoms with Crippen LogP contribution in [0.5, 0.6) is 0 Å². The standard InChI is InChI=1S/C28H24ClFN4O4S.C28H22F2N4O5S.C26H22ClFN4O4S/c1-15-10-20-22(12-21(15)30)34(13-17-11-16-4-2-8-31-27(16)33-26(17)29)25(23(35)14-39(37,38)18-6-7-18)24(20)19-5-3-9-32-28(19)36;1-14-7-19-23(10-20(14)29)34(11-15-8-18-22(9-21(15)30)32-13-33-28(18)37)26(24(35)12-40(38,39)16-4-5-16)25(19)17-3-2-6-31-27(17)36;1-14-9-18-20(11-19(14)28)32(12-16-10-15-5-3-7-29-25(15)31-24(16)27)23(21(33)13-37(2,35)36)22(18)17-6-4-8-30-26(17)34/h3,5,8-12,18H,2,4,6-7,13-14H2,1H3,(H,32,36);2-3,6-10,13,16H,4-5,11-12H2,1H3,(H,31,36)(H,32,33,37);4,6-11H,3,5,12-13H2,1-2H3,(H,30,34). The van der Waals surface area contributed by atoms with Crippen LogP contribution in [0.4, 0.5) is 29.2 Å². The third-order valence-electron chi connectivity index (χ3n) is 20.7. The number of H-pyrrole nitrogens is 4. The van der Waals surface area contributed by atoms with Crippen molar-refractivity contribution in [1.29, 1.82) is 0 Å². The van der Waals surface area contributed by atoms with Gasteiger partial charge in [-0.05, 0) is 191 Å². The highest BCUT2D eigenvalue weighted by Gasteiger charge is 2.41. The molecule has 2 fully saturated rings. The van der Waals surface area contributed by atoms with Crippen LogP contribution in [0.2, 0.25) is 10.3 Å². The summed E-state index contributed by atoms with van der Waals surface area (Å²) in [5.41, 5.74) is 3.58. The maximum Gasteiger partial charge on any atom is 0.258 e. The second-order valence-electron chi connectivity index (χ2n) is 29.1. The molecule has 0 spiro atoms. The summed E-state index contributed by atoms with van der Waals surface area (Å²) in [6, 6.07) is 23.8. The molecule has 0 unspecified atom stereocenters. The van der Waals surface area contributed by atoms with E-state index in [0.717, 1.165) is 42.6 Å². The number of aliphatic imine (C=N–C) groups is 2. The van der Waals surface area contributed by atoms with Crippen LogP contribution in [-0.2, 0) is 62.0 Å². The molecule has 17 rings (SSSR count). The number of hydrogen-bond donors (Lipinski definition) is 4. The lowest BCUT2D eigenvalue weighted by Gasteiger charge is -2.16. The number of aromatic nitrogens is 10. The molecule has 2 saturated carbocycles. The number of nitrogens with zero attached hydrogens (tertiary/aromatic N) is 8. The Kier molecular flexibility index (Phi) is 21.3. The average Bonchev–Trinajstić information content (AvgIpc) is 1.59. The molecule has 0 atom stereocenters. The van der Waals surface area contributed by atoms with Gasteiger partial charge in [-0.1, -0.05) is 23.2 Å². The molecule has 116 heavy (non-hydrogen) atoms. The van der Waals surface area contributed by atoms with Crippen LogP contribution >= 0.6 is 23.2 Å². The van der Waals surface area contributed by atoms with Crippen LogP contribution in [0.25, 0.3) is 77.0 Å². The van der Waals surface area contributed by atoms with Crippen LogP contribution in [0.1, 0.15) is 114 Å². The van der Waals surface area contributed by atoms with Crippen LogP contribution in [-0.4, -0.2) is 138 Å². The molecule has 13 aromatic rings. The Morgan fingerprint density at radius 3 is 1.20 bits per heavy atom. The molecule has 2 aliphatic heterocycles. The molecule has 0 bridgehead atoms. The lowest BCUT2D eigenvalue weighted by molar-refractivity contribution is 0.100. The normalized spacial score (nSPS) is 14.0. The number of aryl methyl sites for hydroxylation is 5. The largest absolute Gasteiger partial charge is 0.333 e. The first-order valence-electron chi connectivity index (χ1n) is 36.5. The molecule has 0 amide bonds. The summed E-state index contributed by atoms with van der Waals surface area (Å²) in [5.74, 6) is -5.81. The molecule has 9 aromatic heterocycles. The summed E-state index contributed by atoms with van der Waals surface area (Å²) in [6.45, 7) is 4.34. The summed E-state index contributed by atoms with van der Waals surface area (Å²) in [7, 11) is -11.2. The van der Waals surface area contributed by atoms with Gasteiger partial charge in [-0.3, -0.25) is 33.6 Å². The van der Waals surface area contributed by atoms with Crippen molar-refractivity contribution in [3.63, 3.8) is 0 Å². The van der Waals surface area contributed by atoms with E-state index < -0.39 is 120 Å². The highest BCUT2D eigenvalue weighted by Crippen LogP contribution is 2.43. The van der Waals surface area contributed by atoms with Crippen molar-refractivity contribution in [2.45, 2.75) is 102 Å². The predicted molar refractivity (Wildman–Crippen MR) is 435 cm³/mol. The quantitative estimate of drug-likeness (QED) is 0.0313. The summed E-state index contributed by atoms with van der Waals surface area (Å²) < 4.78 is 140. The van der Waals surface area contributed by atoms with Crippen molar-refractivity contribution in [1.82, 2.24) is 48.6 Å². The molecule has 11 heterocycles. The molecule has 2 aliphatic carbocycles. The highest BCUT2D eigenvalue weighted by molar-refractivity contribution is 7.93. The first kappa shape index (κ1) is 79.5. The molecule has 4 aliphatic rings. The van der Waals surface area contributed by atoms with E-state index in [-0.39, 0.29) is 108 Å². The third-order valence-corrected chi connectivity index (χ3v) is 26.5. The molecule has 34 heteroatoms. The molecule has 0 saturated heterocycles. The van der Waals surface area contributed by atoms with Gasteiger partial charge in [-0.15, -0.1) is 0 Å². The maximum atomic E-state index is 15.3. The number of nitrogens with one attached hydrogen (secondary N) is 4. The lowest BCUT2D eigenvalue weighted by atomic mass is 10.0. The SMILES string of the molecule is Cc1cc2c(-c3ccc[nH]c3=O)c(C(=O)CS(=O)(=O)C3CC3)n(Cc3cc4c(=O)[nH]cnc4cc3F)c2cc1F.Cc1cc2c(-c3ccc[nH]c3=O)c(C(=O)CS(=O)(=O)C3CC3)n(Cc3cc4c(nc3Cl)N=CCC4)c2cc1F.Cc1cc2c(-c3ccc[nH]c3=O)c(C(=O)CS(C)(=O)=O)n(Cc3cc4c(nc3Cl)N=CCC4)c2cc1F. The fraction of sp³-hybridized carbons (Fsp3) is 0.244. The Bertz CT molecular complexity index is 7080. The van der Waals surface area contributed by atoms with Crippen LogP contribution in [0, 0.1) is 44.0 Å². The van der Waals surface area contributed by atoms with E-state index in [1.807, 2.05) is 12.1 Å².